The van der Waals surface area contributed by atoms with E-state index in [9.17, 15) is 0 Å². The molecule has 2 N–H and O–H groups in total. The van der Waals surface area contributed by atoms with Gasteiger partial charge >= 0.3 is 0 Å². The predicted molar refractivity (Wildman–Crippen MR) is 71.1 cm³/mol. The van der Waals surface area contributed by atoms with E-state index >= 15 is 0 Å². The molecule has 1 aromatic heterocycles. The molecular formula is C14H15ClN2. The van der Waals surface area contributed by atoms with Crippen molar-refractivity contribution in [1.82, 2.24) is 4.98 Å². The first-order valence-corrected chi connectivity index (χ1v) is 6.04. The highest BCUT2D eigenvalue weighted by molar-refractivity contribution is 6.30. The number of aryl methyl sites for hydroxylation is 1. The molecule has 0 aliphatic carbocycles. The van der Waals surface area contributed by atoms with Crippen LogP contribution in [0.5, 0.6) is 0 Å². The summed E-state index contributed by atoms with van der Waals surface area (Å²) < 4.78 is 0. The van der Waals surface area contributed by atoms with E-state index < -0.39 is 0 Å². The van der Waals surface area contributed by atoms with Gasteiger partial charge in [0.1, 0.15) is 0 Å². The molecule has 1 atom stereocenters. The van der Waals surface area contributed by atoms with Gasteiger partial charge in [-0.15, -0.1) is 0 Å². The van der Waals surface area contributed by atoms with Gasteiger partial charge in [0, 0.05) is 6.20 Å². The molecule has 0 saturated carbocycles. The average Bonchev–Trinajstić information content (AvgIpc) is 2.39. The van der Waals surface area contributed by atoms with Crippen LogP contribution < -0.4 is 5.73 Å². The molecule has 1 aromatic carbocycles. The molecule has 17 heavy (non-hydrogen) atoms. The van der Waals surface area contributed by atoms with Crippen LogP contribution in [-0.4, -0.2) is 4.98 Å². The molecule has 0 fully saturated rings. The van der Waals surface area contributed by atoms with Crippen molar-refractivity contribution in [3.63, 3.8) is 0 Å². The molecule has 3 heteroatoms. The summed E-state index contributed by atoms with van der Waals surface area (Å²) in [5.74, 6) is 0. The van der Waals surface area contributed by atoms with Crippen LogP contribution in [0.4, 0.5) is 0 Å². The van der Waals surface area contributed by atoms with Gasteiger partial charge < -0.3 is 5.73 Å². The highest BCUT2D eigenvalue weighted by Gasteiger charge is 2.09. The van der Waals surface area contributed by atoms with E-state index in [1.807, 2.05) is 12.1 Å². The maximum Gasteiger partial charge on any atom is 0.0726 e. The monoisotopic (exact) mass is 246 g/mol. The number of hydrogen-bond acceptors (Lipinski definition) is 2. The van der Waals surface area contributed by atoms with Crippen molar-refractivity contribution in [3.8, 4) is 0 Å². The first kappa shape index (κ1) is 12.1. The highest BCUT2D eigenvalue weighted by atomic mass is 35.5. The lowest BCUT2D eigenvalue weighted by Gasteiger charge is -2.12. The summed E-state index contributed by atoms with van der Waals surface area (Å²) in [5, 5.41) is 0.627. The lowest BCUT2D eigenvalue weighted by atomic mass is 10.0. The Balaban J connectivity index is 2.23. The van der Waals surface area contributed by atoms with Gasteiger partial charge in [0.15, 0.2) is 0 Å². The maximum atomic E-state index is 6.15. The van der Waals surface area contributed by atoms with Crippen LogP contribution in [0.25, 0.3) is 0 Å². The molecule has 2 aromatic rings. The number of hydrogen-bond donors (Lipinski definition) is 1. The summed E-state index contributed by atoms with van der Waals surface area (Å²) in [4.78, 5) is 4.24. The fourth-order valence-electron chi connectivity index (χ4n) is 1.70. The predicted octanol–water partition coefficient (Wildman–Crippen LogP) is 3.35. The Morgan fingerprint density at radius 1 is 1.18 bits per heavy atom. The number of pyridine rings is 1. The van der Waals surface area contributed by atoms with E-state index in [2.05, 4.69) is 36.2 Å². The molecule has 88 valence electrons. The van der Waals surface area contributed by atoms with Crippen LogP contribution in [0.1, 0.15) is 29.8 Å². The van der Waals surface area contributed by atoms with Gasteiger partial charge in [-0.2, -0.15) is 0 Å². The third kappa shape index (κ3) is 2.84. The molecule has 0 bridgehead atoms. The second-order valence-corrected chi connectivity index (χ2v) is 4.41. The lowest BCUT2D eigenvalue weighted by molar-refractivity contribution is 0.828. The highest BCUT2D eigenvalue weighted by Crippen LogP contribution is 2.19. The topological polar surface area (TPSA) is 38.9 Å². The Kier molecular flexibility index (Phi) is 3.77. The lowest BCUT2D eigenvalue weighted by Crippen LogP contribution is -2.13. The first-order chi connectivity index (χ1) is 8.20. The zero-order chi connectivity index (χ0) is 12.3. The van der Waals surface area contributed by atoms with Crippen LogP contribution in [0.2, 0.25) is 5.02 Å². The Morgan fingerprint density at radius 2 is 1.88 bits per heavy atom. The maximum absolute atomic E-state index is 6.15. The number of halogens is 1. The van der Waals surface area contributed by atoms with E-state index in [0.717, 1.165) is 17.7 Å². The van der Waals surface area contributed by atoms with Crippen LogP contribution in [0.15, 0.2) is 42.6 Å². The summed E-state index contributed by atoms with van der Waals surface area (Å²) in [6, 6.07) is 11.8. The van der Waals surface area contributed by atoms with Gasteiger partial charge in [-0.3, -0.25) is 4.98 Å². The number of nitrogens with zero attached hydrogens (tertiary/aromatic N) is 1. The number of aromatic nitrogens is 1. The van der Waals surface area contributed by atoms with E-state index in [1.54, 1.807) is 6.20 Å². The van der Waals surface area contributed by atoms with E-state index in [1.165, 1.54) is 5.56 Å². The zero-order valence-electron chi connectivity index (χ0n) is 9.73. The largest absolute Gasteiger partial charge is 0.319 e. The zero-order valence-corrected chi connectivity index (χ0v) is 10.5. The van der Waals surface area contributed by atoms with Crippen molar-refractivity contribution in [2.24, 2.45) is 5.73 Å². The summed E-state index contributed by atoms with van der Waals surface area (Å²) in [6.45, 7) is 2.13. The van der Waals surface area contributed by atoms with Gasteiger partial charge in [0.05, 0.1) is 16.8 Å². The standard InChI is InChI=1S/C14H15ClN2/c1-2-10-3-5-11(6-4-10)14(16)13-8-7-12(15)9-17-13/h3-9,14H,2,16H2,1H3. The quantitative estimate of drug-likeness (QED) is 0.902. The molecule has 0 aliphatic rings. The van der Waals surface area contributed by atoms with Gasteiger partial charge in [-0.1, -0.05) is 42.8 Å². The average molecular weight is 247 g/mol. The third-order valence-electron chi connectivity index (χ3n) is 2.82. The van der Waals surface area contributed by atoms with Gasteiger partial charge in [-0.25, -0.2) is 0 Å². The molecule has 0 aliphatic heterocycles. The normalized spacial score (nSPS) is 12.4. The van der Waals surface area contributed by atoms with Crippen molar-refractivity contribution in [2.45, 2.75) is 19.4 Å². The minimum atomic E-state index is -0.196. The molecule has 0 amide bonds. The molecule has 1 heterocycles. The summed E-state index contributed by atoms with van der Waals surface area (Å²) in [5.41, 5.74) is 9.36. The summed E-state index contributed by atoms with van der Waals surface area (Å²) in [6.07, 6.45) is 2.66. The molecule has 2 rings (SSSR count). The Bertz CT molecular complexity index is 477. The molecule has 0 radical (unpaired) electrons. The van der Waals surface area contributed by atoms with Crippen LogP contribution in [0.3, 0.4) is 0 Å². The van der Waals surface area contributed by atoms with Crippen molar-refractivity contribution in [2.75, 3.05) is 0 Å². The van der Waals surface area contributed by atoms with Crippen LogP contribution >= 0.6 is 11.6 Å². The van der Waals surface area contributed by atoms with Crippen LogP contribution in [-0.2, 0) is 6.42 Å². The summed E-state index contributed by atoms with van der Waals surface area (Å²) >= 11 is 5.80. The van der Waals surface area contributed by atoms with Gasteiger partial charge in [-0.05, 0) is 29.7 Å². The first-order valence-electron chi connectivity index (χ1n) is 5.66. The Hall–Kier alpha value is -1.38. The van der Waals surface area contributed by atoms with E-state index in [-0.39, 0.29) is 6.04 Å². The van der Waals surface area contributed by atoms with Crippen molar-refractivity contribution in [1.29, 1.82) is 0 Å². The Labute approximate surface area is 106 Å². The van der Waals surface area contributed by atoms with Gasteiger partial charge in [0.2, 0.25) is 0 Å². The Morgan fingerprint density at radius 3 is 2.41 bits per heavy atom. The fourth-order valence-corrected chi connectivity index (χ4v) is 1.81. The molecule has 2 nitrogen and oxygen atoms in total. The van der Waals surface area contributed by atoms with Crippen molar-refractivity contribution in [3.05, 3.63) is 64.4 Å². The molecular weight excluding hydrogens is 232 g/mol. The number of nitrogens with two attached hydrogens (primary N) is 1. The second-order valence-electron chi connectivity index (χ2n) is 3.97. The smallest absolute Gasteiger partial charge is 0.0726 e. The van der Waals surface area contributed by atoms with Crippen LogP contribution in [0, 0.1) is 0 Å². The van der Waals surface area contributed by atoms with Gasteiger partial charge in [0.25, 0.3) is 0 Å². The number of rotatable bonds is 3. The minimum Gasteiger partial charge on any atom is -0.319 e. The number of benzene rings is 1. The molecule has 0 saturated heterocycles. The molecule has 1 unspecified atom stereocenters. The van der Waals surface area contributed by atoms with Crippen molar-refractivity contribution < 1.29 is 0 Å². The molecule has 0 spiro atoms. The minimum absolute atomic E-state index is 0.196. The van der Waals surface area contributed by atoms with E-state index in [4.69, 9.17) is 17.3 Å². The van der Waals surface area contributed by atoms with E-state index in [0.29, 0.717) is 5.02 Å². The summed E-state index contributed by atoms with van der Waals surface area (Å²) in [7, 11) is 0. The van der Waals surface area contributed by atoms with Crippen molar-refractivity contribution >= 4 is 11.6 Å². The second kappa shape index (κ2) is 5.30. The SMILES string of the molecule is CCc1ccc(C(N)c2ccc(Cl)cn2)cc1. The fraction of sp³-hybridized carbons (Fsp3) is 0.214. The third-order valence-corrected chi connectivity index (χ3v) is 3.04.